The van der Waals surface area contributed by atoms with E-state index in [-0.39, 0.29) is 11.8 Å². The Morgan fingerprint density at radius 2 is 1.50 bits per heavy atom. The SMILES string of the molecule is CC.Cc1ccc(NC(=O)c2ccccc2NC(=O)c2ccc(-c3ccccc3CN)cc2C)nc1. The fourth-order valence-corrected chi connectivity index (χ4v) is 3.77. The third-order valence-corrected chi connectivity index (χ3v) is 5.59. The molecule has 0 atom stereocenters. The summed E-state index contributed by atoms with van der Waals surface area (Å²) in [5, 5.41) is 5.66. The van der Waals surface area contributed by atoms with E-state index in [9.17, 15) is 9.59 Å². The minimum Gasteiger partial charge on any atom is -0.326 e. The van der Waals surface area contributed by atoms with Crippen molar-refractivity contribution in [2.24, 2.45) is 5.73 Å². The topological polar surface area (TPSA) is 97.1 Å². The van der Waals surface area contributed by atoms with Gasteiger partial charge in [-0.3, -0.25) is 9.59 Å². The predicted octanol–water partition coefficient (Wildman–Crippen LogP) is 6.35. The first-order valence-electron chi connectivity index (χ1n) is 12.0. The summed E-state index contributed by atoms with van der Waals surface area (Å²) in [6.07, 6.45) is 1.68. The van der Waals surface area contributed by atoms with E-state index in [1.807, 2.05) is 70.2 Å². The zero-order valence-electron chi connectivity index (χ0n) is 21.1. The molecule has 3 aromatic carbocycles. The zero-order chi connectivity index (χ0) is 26.1. The van der Waals surface area contributed by atoms with Gasteiger partial charge in [0.15, 0.2) is 0 Å². The quantitative estimate of drug-likeness (QED) is 0.299. The normalized spacial score (nSPS) is 10.1. The molecule has 0 saturated heterocycles. The van der Waals surface area contributed by atoms with Crippen LogP contribution >= 0.6 is 0 Å². The number of amides is 2. The number of benzene rings is 3. The third-order valence-electron chi connectivity index (χ3n) is 5.59. The second-order valence-electron chi connectivity index (χ2n) is 8.07. The molecular weight excluding hydrogens is 448 g/mol. The third kappa shape index (κ3) is 6.23. The number of hydrogen-bond donors (Lipinski definition) is 3. The van der Waals surface area contributed by atoms with Crippen LogP contribution in [0.25, 0.3) is 11.1 Å². The Bertz CT molecular complexity index is 1350. The molecule has 6 nitrogen and oxygen atoms in total. The lowest BCUT2D eigenvalue weighted by Crippen LogP contribution is -2.19. The number of carbonyl (C=O) groups is 2. The van der Waals surface area contributed by atoms with Crippen LogP contribution in [-0.4, -0.2) is 16.8 Å². The summed E-state index contributed by atoms with van der Waals surface area (Å²) >= 11 is 0. The Morgan fingerprint density at radius 1 is 0.806 bits per heavy atom. The van der Waals surface area contributed by atoms with Crippen molar-refractivity contribution < 1.29 is 9.59 Å². The van der Waals surface area contributed by atoms with E-state index in [4.69, 9.17) is 5.73 Å². The standard InChI is InChI=1S/C28H26N4O2.C2H6/c1-18-11-14-26(30-17-18)32-28(34)24-9-5-6-10-25(24)31-27(33)22-13-12-20(15-19(22)2)23-8-4-3-7-21(23)16-29;1-2/h3-15,17H,16,29H2,1-2H3,(H,31,33)(H,30,32,34);1-2H3. The average molecular weight is 481 g/mol. The van der Waals surface area contributed by atoms with E-state index < -0.39 is 0 Å². The molecular formula is C30H32N4O2. The number of aryl methyl sites for hydroxylation is 2. The molecule has 1 aromatic heterocycles. The van der Waals surface area contributed by atoms with Crippen molar-refractivity contribution in [3.8, 4) is 11.1 Å². The average Bonchev–Trinajstić information content (AvgIpc) is 2.91. The molecule has 4 rings (SSSR count). The van der Waals surface area contributed by atoms with Gasteiger partial charge >= 0.3 is 0 Å². The van der Waals surface area contributed by atoms with Crippen molar-refractivity contribution in [2.45, 2.75) is 34.2 Å². The Labute approximate surface area is 212 Å². The van der Waals surface area contributed by atoms with Crippen LogP contribution in [-0.2, 0) is 6.54 Å². The number of hydrogen-bond acceptors (Lipinski definition) is 4. The number of anilines is 2. The van der Waals surface area contributed by atoms with Gasteiger partial charge in [0.25, 0.3) is 11.8 Å². The van der Waals surface area contributed by atoms with Crippen molar-refractivity contribution in [3.63, 3.8) is 0 Å². The molecule has 0 aliphatic carbocycles. The maximum Gasteiger partial charge on any atom is 0.258 e. The summed E-state index contributed by atoms with van der Waals surface area (Å²) in [6.45, 7) is 8.26. The van der Waals surface area contributed by atoms with Crippen LogP contribution in [0.2, 0.25) is 0 Å². The van der Waals surface area contributed by atoms with E-state index in [0.717, 1.165) is 27.8 Å². The molecule has 0 radical (unpaired) electrons. The van der Waals surface area contributed by atoms with Crippen molar-refractivity contribution in [1.29, 1.82) is 0 Å². The lowest BCUT2D eigenvalue weighted by Gasteiger charge is -2.14. The summed E-state index contributed by atoms with van der Waals surface area (Å²) in [7, 11) is 0. The number of aromatic nitrogens is 1. The number of nitrogens with zero attached hydrogens (tertiary/aromatic N) is 1. The number of carbonyl (C=O) groups excluding carboxylic acids is 2. The first-order valence-corrected chi connectivity index (χ1v) is 12.0. The predicted molar refractivity (Wildman–Crippen MR) is 147 cm³/mol. The van der Waals surface area contributed by atoms with Gasteiger partial charge in [-0.15, -0.1) is 0 Å². The Kier molecular flexibility index (Phi) is 9.08. The molecule has 2 amide bonds. The zero-order valence-corrected chi connectivity index (χ0v) is 21.1. The van der Waals surface area contributed by atoms with Crippen LogP contribution in [0.3, 0.4) is 0 Å². The van der Waals surface area contributed by atoms with Gasteiger partial charge in [0.2, 0.25) is 0 Å². The number of para-hydroxylation sites is 1. The second kappa shape index (κ2) is 12.4. The molecule has 0 aliphatic rings. The summed E-state index contributed by atoms with van der Waals surface area (Å²) < 4.78 is 0. The van der Waals surface area contributed by atoms with Gasteiger partial charge in [-0.05, 0) is 65.9 Å². The summed E-state index contributed by atoms with van der Waals surface area (Å²) in [6, 6.07) is 24.1. The molecule has 6 heteroatoms. The van der Waals surface area contributed by atoms with Gasteiger partial charge in [-0.2, -0.15) is 0 Å². The number of nitrogens with two attached hydrogens (primary N) is 1. The first-order chi connectivity index (χ1) is 17.5. The van der Waals surface area contributed by atoms with Crippen molar-refractivity contribution in [2.75, 3.05) is 10.6 Å². The fourth-order valence-electron chi connectivity index (χ4n) is 3.77. The van der Waals surface area contributed by atoms with Crippen molar-refractivity contribution in [3.05, 3.63) is 113 Å². The Balaban J connectivity index is 0.00000176. The molecule has 4 aromatic rings. The highest BCUT2D eigenvalue weighted by Crippen LogP contribution is 2.26. The van der Waals surface area contributed by atoms with E-state index in [0.29, 0.717) is 29.2 Å². The molecule has 0 saturated carbocycles. The van der Waals surface area contributed by atoms with E-state index in [2.05, 4.69) is 15.6 Å². The van der Waals surface area contributed by atoms with Crippen LogP contribution < -0.4 is 16.4 Å². The number of pyridine rings is 1. The van der Waals surface area contributed by atoms with Gasteiger partial charge in [-0.25, -0.2) is 4.98 Å². The molecule has 0 aliphatic heterocycles. The highest BCUT2D eigenvalue weighted by molar-refractivity contribution is 6.12. The first kappa shape index (κ1) is 26.3. The molecule has 1 heterocycles. The minimum atomic E-state index is -0.349. The molecule has 0 spiro atoms. The molecule has 4 N–H and O–H groups in total. The van der Waals surface area contributed by atoms with E-state index >= 15 is 0 Å². The lowest BCUT2D eigenvalue weighted by atomic mass is 9.96. The van der Waals surface area contributed by atoms with Crippen LogP contribution in [0.15, 0.2) is 85.1 Å². The van der Waals surface area contributed by atoms with Crippen LogP contribution in [0, 0.1) is 13.8 Å². The van der Waals surface area contributed by atoms with Crippen molar-refractivity contribution >= 4 is 23.3 Å². The van der Waals surface area contributed by atoms with E-state index in [1.54, 1.807) is 42.6 Å². The molecule has 0 bridgehead atoms. The number of rotatable bonds is 6. The highest BCUT2D eigenvalue weighted by atomic mass is 16.2. The van der Waals surface area contributed by atoms with Gasteiger partial charge < -0.3 is 16.4 Å². The van der Waals surface area contributed by atoms with Gasteiger partial charge in [0.1, 0.15) is 5.82 Å². The summed E-state index contributed by atoms with van der Waals surface area (Å²) in [5.41, 5.74) is 12.1. The lowest BCUT2D eigenvalue weighted by molar-refractivity contribution is 0.102. The fraction of sp³-hybridized carbons (Fsp3) is 0.167. The van der Waals surface area contributed by atoms with Crippen LogP contribution in [0.5, 0.6) is 0 Å². The second-order valence-corrected chi connectivity index (χ2v) is 8.07. The molecule has 0 unspecified atom stereocenters. The number of nitrogens with one attached hydrogen (secondary N) is 2. The van der Waals surface area contributed by atoms with Gasteiger partial charge in [0, 0.05) is 18.3 Å². The highest BCUT2D eigenvalue weighted by Gasteiger charge is 2.16. The van der Waals surface area contributed by atoms with Gasteiger partial charge in [0.05, 0.1) is 11.3 Å². The largest absolute Gasteiger partial charge is 0.326 e. The summed E-state index contributed by atoms with van der Waals surface area (Å²) in [5.74, 6) is -0.191. The van der Waals surface area contributed by atoms with Crippen LogP contribution in [0.1, 0.15) is 51.3 Å². The minimum absolute atomic E-state index is 0.287. The maximum atomic E-state index is 13.1. The Hall–Kier alpha value is -4.29. The smallest absolute Gasteiger partial charge is 0.258 e. The molecule has 0 fully saturated rings. The van der Waals surface area contributed by atoms with E-state index in [1.165, 1.54) is 0 Å². The molecule has 184 valence electrons. The van der Waals surface area contributed by atoms with Crippen molar-refractivity contribution in [1.82, 2.24) is 4.98 Å². The Morgan fingerprint density at radius 3 is 2.19 bits per heavy atom. The monoisotopic (exact) mass is 480 g/mol. The maximum absolute atomic E-state index is 13.1. The van der Waals surface area contributed by atoms with Crippen LogP contribution in [0.4, 0.5) is 11.5 Å². The summed E-state index contributed by atoms with van der Waals surface area (Å²) in [4.78, 5) is 30.2. The molecule has 36 heavy (non-hydrogen) atoms. The van der Waals surface area contributed by atoms with Gasteiger partial charge in [-0.1, -0.05) is 68.4 Å².